The average Bonchev–Trinajstić information content (AvgIpc) is 2.76. The quantitative estimate of drug-likeness (QED) is 0.796. The van der Waals surface area contributed by atoms with Crippen molar-refractivity contribution in [2.45, 2.75) is 6.42 Å². The third-order valence-corrected chi connectivity index (χ3v) is 3.23. The summed E-state index contributed by atoms with van der Waals surface area (Å²) in [6.45, 7) is 0. The molecule has 0 amide bonds. The van der Waals surface area contributed by atoms with Crippen LogP contribution in [0.2, 0.25) is 0 Å². The van der Waals surface area contributed by atoms with Crippen LogP contribution in [0.3, 0.4) is 0 Å². The predicted octanol–water partition coefficient (Wildman–Crippen LogP) is 2.66. The second-order valence-corrected chi connectivity index (χ2v) is 4.54. The first kappa shape index (κ1) is 12.5. The number of nitrogens with two attached hydrogens (primary N) is 1. The number of methoxy groups -OCH3 is 1. The molecule has 0 saturated heterocycles. The van der Waals surface area contributed by atoms with Crippen LogP contribution in [0.15, 0.2) is 42.6 Å². The summed E-state index contributed by atoms with van der Waals surface area (Å²) in [5, 5.41) is 0. The second-order valence-electron chi connectivity index (χ2n) is 4.54. The summed E-state index contributed by atoms with van der Waals surface area (Å²) in [4.78, 5) is 4.43. The number of fused-ring (bicyclic) bond motifs is 1. The van der Waals surface area contributed by atoms with E-state index in [-0.39, 0.29) is 5.82 Å². The highest BCUT2D eigenvalue weighted by atomic mass is 19.1. The second kappa shape index (κ2) is 4.85. The van der Waals surface area contributed by atoms with Crippen molar-refractivity contribution in [1.82, 2.24) is 9.38 Å². The van der Waals surface area contributed by atoms with E-state index in [1.807, 2.05) is 24.3 Å². The molecule has 0 radical (unpaired) electrons. The van der Waals surface area contributed by atoms with E-state index >= 15 is 0 Å². The zero-order valence-corrected chi connectivity index (χ0v) is 11.0. The highest BCUT2D eigenvalue weighted by molar-refractivity contribution is 5.53. The van der Waals surface area contributed by atoms with Crippen LogP contribution in [0.1, 0.15) is 11.3 Å². The minimum Gasteiger partial charge on any atom is -0.497 e. The molecule has 3 rings (SSSR count). The molecule has 0 aliphatic heterocycles. The summed E-state index contributed by atoms with van der Waals surface area (Å²) in [6.07, 6.45) is 1.94. The molecule has 20 heavy (non-hydrogen) atoms. The van der Waals surface area contributed by atoms with Gasteiger partial charge in [-0.15, -0.1) is 0 Å². The molecule has 102 valence electrons. The number of rotatable bonds is 3. The smallest absolute Gasteiger partial charge is 0.140 e. The van der Waals surface area contributed by atoms with E-state index in [0.717, 1.165) is 17.0 Å². The van der Waals surface area contributed by atoms with Gasteiger partial charge in [0.25, 0.3) is 0 Å². The molecule has 3 aromatic rings. The largest absolute Gasteiger partial charge is 0.497 e. The number of aromatic nitrogens is 2. The highest BCUT2D eigenvalue weighted by Crippen LogP contribution is 2.20. The van der Waals surface area contributed by atoms with E-state index in [2.05, 4.69) is 4.98 Å². The fraction of sp³-hybridized carbons (Fsp3) is 0.133. The van der Waals surface area contributed by atoms with E-state index in [1.165, 1.54) is 12.3 Å². The molecule has 0 spiro atoms. The normalized spacial score (nSPS) is 10.9. The van der Waals surface area contributed by atoms with Gasteiger partial charge in [-0.2, -0.15) is 0 Å². The Labute approximate surface area is 115 Å². The Morgan fingerprint density at radius 3 is 2.65 bits per heavy atom. The first-order valence-corrected chi connectivity index (χ1v) is 6.22. The van der Waals surface area contributed by atoms with Gasteiger partial charge in [-0.05, 0) is 29.8 Å². The number of nitrogens with zero attached hydrogens (tertiary/aromatic N) is 2. The van der Waals surface area contributed by atoms with Crippen LogP contribution in [-0.2, 0) is 6.42 Å². The predicted molar refractivity (Wildman–Crippen MR) is 75.4 cm³/mol. The lowest BCUT2D eigenvalue weighted by Crippen LogP contribution is -1.98. The number of hydrogen-bond acceptors (Lipinski definition) is 3. The Balaban J connectivity index is 1.95. The molecule has 0 bridgehead atoms. The Hall–Kier alpha value is -2.56. The lowest BCUT2D eigenvalue weighted by atomic mass is 10.1. The van der Waals surface area contributed by atoms with Crippen LogP contribution in [0.5, 0.6) is 5.75 Å². The van der Waals surface area contributed by atoms with Crippen LogP contribution in [0.25, 0.3) is 5.65 Å². The molecular weight excluding hydrogens is 257 g/mol. The van der Waals surface area contributed by atoms with Gasteiger partial charge in [0.2, 0.25) is 0 Å². The minimum absolute atomic E-state index is 0.336. The summed E-state index contributed by atoms with van der Waals surface area (Å²) in [6, 6.07) is 10.7. The van der Waals surface area contributed by atoms with Crippen molar-refractivity contribution in [3.05, 3.63) is 59.7 Å². The van der Waals surface area contributed by atoms with E-state index in [0.29, 0.717) is 17.9 Å². The number of imidazole rings is 1. The molecule has 2 heterocycles. The topological polar surface area (TPSA) is 52.5 Å². The maximum Gasteiger partial charge on any atom is 0.140 e. The van der Waals surface area contributed by atoms with Crippen molar-refractivity contribution in [3.8, 4) is 5.75 Å². The van der Waals surface area contributed by atoms with Crippen molar-refractivity contribution < 1.29 is 9.13 Å². The van der Waals surface area contributed by atoms with Gasteiger partial charge >= 0.3 is 0 Å². The molecule has 4 nitrogen and oxygen atoms in total. The first-order valence-electron chi connectivity index (χ1n) is 6.22. The van der Waals surface area contributed by atoms with Crippen molar-refractivity contribution in [2.75, 3.05) is 12.8 Å². The van der Waals surface area contributed by atoms with Gasteiger partial charge in [-0.3, -0.25) is 4.40 Å². The average molecular weight is 271 g/mol. The van der Waals surface area contributed by atoms with Crippen molar-refractivity contribution in [1.29, 1.82) is 0 Å². The number of hydrogen-bond donors (Lipinski definition) is 1. The third-order valence-electron chi connectivity index (χ3n) is 3.23. The molecule has 0 unspecified atom stereocenters. The van der Waals surface area contributed by atoms with Gasteiger partial charge < -0.3 is 10.5 Å². The number of nitrogen functional groups attached to an aromatic ring is 1. The fourth-order valence-corrected chi connectivity index (χ4v) is 2.15. The van der Waals surface area contributed by atoms with Crippen LogP contribution < -0.4 is 10.5 Å². The summed E-state index contributed by atoms with van der Waals surface area (Å²) >= 11 is 0. The maximum atomic E-state index is 13.2. The Kier molecular flexibility index (Phi) is 3.02. The highest BCUT2D eigenvalue weighted by Gasteiger charge is 2.10. The van der Waals surface area contributed by atoms with Gasteiger partial charge in [-0.25, -0.2) is 9.37 Å². The van der Waals surface area contributed by atoms with E-state index in [1.54, 1.807) is 17.6 Å². The standard InChI is InChI=1S/C15H14FN3O/c1-20-12-5-2-10(3-6-12)8-13-15(17)19-9-11(16)4-7-14(19)18-13/h2-7,9H,8,17H2,1H3. The number of halogens is 1. The number of pyridine rings is 1. The van der Waals surface area contributed by atoms with E-state index in [9.17, 15) is 4.39 Å². The van der Waals surface area contributed by atoms with Gasteiger partial charge in [0.05, 0.1) is 12.8 Å². The molecule has 2 N–H and O–H groups in total. The van der Waals surface area contributed by atoms with E-state index in [4.69, 9.17) is 10.5 Å². The van der Waals surface area contributed by atoms with Gasteiger partial charge in [0, 0.05) is 12.6 Å². The molecule has 5 heteroatoms. The number of anilines is 1. The van der Waals surface area contributed by atoms with Crippen LogP contribution >= 0.6 is 0 Å². The molecule has 0 saturated carbocycles. The monoisotopic (exact) mass is 271 g/mol. The molecule has 2 aromatic heterocycles. The van der Waals surface area contributed by atoms with Crippen LogP contribution in [0.4, 0.5) is 10.2 Å². The third kappa shape index (κ3) is 2.18. The molecule has 0 aliphatic rings. The minimum atomic E-state index is -0.336. The fourth-order valence-electron chi connectivity index (χ4n) is 2.15. The van der Waals surface area contributed by atoms with Gasteiger partial charge in [0.15, 0.2) is 0 Å². The summed E-state index contributed by atoms with van der Waals surface area (Å²) in [5.74, 6) is 0.937. The Morgan fingerprint density at radius 2 is 1.95 bits per heavy atom. The number of ether oxygens (including phenoxy) is 1. The van der Waals surface area contributed by atoms with Crippen molar-refractivity contribution in [2.24, 2.45) is 0 Å². The lowest BCUT2D eigenvalue weighted by molar-refractivity contribution is 0.414. The Morgan fingerprint density at radius 1 is 1.20 bits per heavy atom. The molecule has 0 fully saturated rings. The zero-order chi connectivity index (χ0) is 14.1. The lowest BCUT2D eigenvalue weighted by Gasteiger charge is -2.02. The van der Waals surface area contributed by atoms with Gasteiger partial charge in [-0.1, -0.05) is 12.1 Å². The van der Waals surface area contributed by atoms with Crippen LogP contribution in [0, 0.1) is 5.82 Å². The molecule has 1 aromatic carbocycles. The van der Waals surface area contributed by atoms with Crippen molar-refractivity contribution >= 4 is 11.5 Å². The Bertz CT molecular complexity index is 750. The maximum absolute atomic E-state index is 13.2. The van der Waals surface area contributed by atoms with Gasteiger partial charge in [0.1, 0.15) is 23.0 Å². The van der Waals surface area contributed by atoms with E-state index < -0.39 is 0 Å². The molecule has 0 atom stereocenters. The SMILES string of the molecule is COc1ccc(Cc2nc3ccc(F)cn3c2N)cc1. The zero-order valence-electron chi connectivity index (χ0n) is 11.0. The van der Waals surface area contributed by atoms with Crippen molar-refractivity contribution in [3.63, 3.8) is 0 Å². The molecule has 0 aliphatic carbocycles. The first-order chi connectivity index (χ1) is 9.67. The summed E-state index contributed by atoms with van der Waals surface area (Å²) in [7, 11) is 1.63. The number of benzene rings is 1. The van der Waals surface area contributed by atoms with Crippen LogP contribution in [-0.4, -0.2) is 16.5 Å². The summed E-state index contributed by atoms with van der Waals surface area (Å²) < 4.78 is 19.9. The summed E-state index contributed by atoms with van der Waals surface area (Å²) in [5.41, 5.74) is 8.47. The molecular formula is C15H14FN3O.